The first-order valence-corrected chi connectivity index (χ1v) is 14.2. The van der Waals surface area contributed by atoms with E-state index in [0.717, 1.165) is 33.1 Å². The van der Waals surface area contributed by atoms with Gasteiger partial charge < -0.3 is 0 Å². The number of hydrogen-bond acceptors (Lipinski definition) is 5. The fourth-order valence-corrected chi connectivity index (χ4v) is 6.01. The lowest BCUT2D eigenvalue weighted by Gasteiger charge is -2.07. The minimum atomic E-state index is -0.167. The minimum absolute atomic E-state index is 0.167. The maximum atomic E-state index is 13.5. The molecule has 0 aliphatic heterocycles. The van der Waals surface area contributed by atoms with Crippen LogP contribution < -0.4 is 10.4 Å². The van der Waals surface area contributed by atoms with Gasteiger partial charge in [-0.05, 0) is 47.2 Å². The Morgan fingerprint density at radius 3 is 2.18 bits per heavy atom. The zero-order valence-electron chi connectivity index (χ0n) is 21.4. The first kappa shape index (κ1) is 24.8. The van der Waals surface area contributed by atoms with E-state index in [1.54, 1.807) is 16.0 Å². The van der Waals surface area contributed by atoms with Crippen LogP contribution in [0.25, 0.3) is 27.4 Å². The zero-order chi connectivity index (χ0) is 26.8. The van der Waals surface area contributed by atoms with Crippen LogP contribution in [0.15, 0.2) is 123 Å². The fraction of sp³-hybridized carbons (Fsp3) is 0.0645. The van der Waals surface area contributed by atoms with E-state index in [-0.39, 0.29) is 5.56 Å². The molecule has 0 N–H and O–H groups in total. The van der Waals surface area contributed by atoms with E-state index < -0.39 is 0 Å². The Bertz CT molecular complexity index is 1870. The van der Waals surface area contributed by atoms with Crippen molar-refractivity contribution in [2.24, 2.45) is 17.1 Å². The minimum Gasteiger partial charge on any atom is -0.283 e. The fourth-order valence-electron chi connectivity index (χ4n) is 4.38. The molecule has 192 valence electrons. The summed E-state index contributed by atoms with van der Waals surface area (Å²) < 4.78 is 5.30. The Morgan fingerprint density at radius 2 is 1.49 bits per heavy atom. The molecule has 0 radical (unpaired) electrons. The van der Waals surface area contributed by atoms with E-state index >= 15 is 0 Å². The van der Waals surface area contributed by atoms with Crippen LogP contribution in [0.1, 0.15) is 11.3 Å². The lowest BCUT2D eigenvalue weighted by Crippen LogP contribution is -2.19. The van der Waals surface area contributed by atoms with Crippen LogP contribution >= 0.6 is 22.7 Å². The highest BCUT2D eigenvalue weighted by molar-refractivity contribution is 7.14. The lowest BCUT2D eigenvalue weighted by molar-refractivity contribution is 0.630. The van der Waals surface area contributed by atoms with Gasteiger partial charge in [0, 0.05) is 12.4 Å². The van der Waals surface area contributed by atoms with E-state index in [9.17, 15) is 4.79 Å². The normalized spacial score (nSPS) is 12.0. The second-order valence-electron chi connectivity index (χ2n) is 8.95. The Morgan fingerprint density at radius 1 is 0.795 bits per heavy atom. The Balaban J connectivity index is 1.43. The third-order valence-corrected chi connectivity index (χ3v) is 8.24. The maximum absolute atomic E-state index is 13.5. The van der Waals surface area contributed by atoms with Crippen molar-refractivity contribution < 1.29 is 0 Å². The quantitative estimate of drug-likeness (QED) is 0.210. The summed E-state index contributed by atoms with van der Waals surface area (Å²) in [6.07, 6.45) is 1.83. The summed E-state index contributed by atoms with van der Waals surface area (Å²) in [7, 11) is 1.87. The maximum Gasteiger partial charge on any atom is 0.297 e. The van der Waals surface area contributed by atoms with Gasteiger partial charge in [-0.15, -0.1) is 22.7 Å². The number of aromatic nitrogens is 3. The molecule has 0 bridgehead atoms. The van der Waals surface area contributed by atoms with E-state index in [4.69, 9.17) is 10.1 Å². The van der Waals surface area contributed by atoms with Crippen molar-refractivity contribution in [3.05, 3.63) is 134 Å². The molecule has 6 rings (SSSR count). The molecule has 3 heterocycles. The zero-order valence-corrected chi connectivity index (χ0v) is 23.1. The van der Waals surface area contributed by atoms with Gasteiger partial charge in [0.2, 0.25) is 4.80 Å². The molecule has 0 saturated heterocycles. The number of nitrogens with zero attached hydrogens (tertiary/aromatic N) is 5. The smallest absolute Gasteiger partial charge is 0.283 e. The van der Waals surface area contributed by atoms with Crippen molar-refractivity contribution >= 4 is 34.6 Å². The summed E-state index contributed by atoms with van der Waals surface area (Å²) in [4.78, 5) is 20.1. The van der Waals surface area contributed by atoms with Crippen molar-refractivity contribution in [3.63, 3.8) is 0 Å². The van der Waals surface area contributed by atoms with Crippen LogP contribution in [0.4, 0.5) is 5.69 Å². The second kappa shape index (κ2) is 10.7. The van der Waals surface area contributed by atoms with Crippen molar-refractivity contribution in [1.82, 2.24) is 14.0 Å². The Labute approximate surface area is 233 Å². The molecule has 0 unspecified atom stereocenters. The average Bonchev–Trinajstić information content (AvgIpc) is 3.70. The predicted octanol–water partition coefficient (Wildman–Crippen LogP) is 6.86. The molecule has 8 heteroatoms. The highest BCUT2D eigenvalue weighted by Crippen LogP contribution is 2.26. The average molecular weight is 548 g/mol. The van der Waals surface area contributed by atoms with Gasteiger partial charge in [0.25, 0.3) is 5.56 Å². The molecule has 0 aliphatic carbocycles. The van der Waals surface area contributed by atoms with Crippen molar-refractivity contribution in [3.8, 4) is 27.4 Å². The summed E-state index contributed by atoms with van der Waals surface area (Å²) in [5.41, 5.74) is 6.04. The van der Waals surface area contributed by atoms with E-state index in [0.29, 0.717) is 10.5 Å². The second-order valence-corrected chi connectivity index (χ2v) is 10.7. The molecule has 6 aromatic rings. The Kier molecular flexibility index (Phi) is 6.79. The number of hydrogen-bond donors (Lipinski definition) is 0. The van der Waals surface area contributed by atoms with E-state index in [1.807, 2.05) is 94.9 Å². The van der Waals surface area contributed by atoms with E-state index in [1.165, 1.54) is 16.9 Å². The van der Waals surface area contributed by atoms with Crippen LogP contribution in [0, 0.1) is 6.92 Å². The molecule has 0 atom stereocenters. The largest absolute Gasteiger partial charge is 0.297 e. The van der Waals surface area contributed by atoms with Crippen molar-refractivity contribution in [2.45, 2.75) is 6.92 Å². The Hall–Kier alpha value is -4.53. The first-order chi connectivity index (χ1) is 19.1. The van der Waals surface area contributed by atoms with Gasteiger partial charge in [0.1, 0.15) is 0 Å². The predicted molar refractivity (Wildman–Crippen MR) is 161 cm³/mol. The number of rotatable bonds is 6. The summed E-state index contributed by atoms with van der Waals surface area (Å²) in [5.74, 6) is 0. The molecule has 0 aliphatic rings. The molecule has 0 fully saturated rings. The van der Waals surface area contributed by atoms with Crippen molar-refractivity contribution in [2.75, 3.05) is 0 Å². The standard InChI is InChI=1S/C31H25N5OS2/c1-22-29(30(37)36(34(22)2)26-12-7-4-8-13-26)33-31-35(27(21-39-31)28-14-9-19-38-28)32-20-23-15-17-25(18-16-23)24-10-5-3-6-11-24/h3-21H,1-2H3. The highest BCUT2D eigenvalue weighted by atomic mass is 32.1. The van der Waals surface area contributed by atoms with Crippen LogP contribution in [0.3, 0.4) is 0 Å². The van der Waals surface area contributed by atoms with Gasteiger partial charge in [-0.1, -0.05) is 78.9 Å². The lowest BCUT2D eigenvalue weighted by atomic mass is 10.0. The van der Waals surface area contributed by atoms with Gasteiger partial charge >= 0.3 is 0 Å². The van der Waals surface area contributed by atoms with E-state index in [2.05, 4.69) is 42.5 Å². The van der Waals surface area contributed by atoms with Crippen LogP contribution in [-0.4, -0.2) is 20.3 Å². The van der Waals surface area contributed by atoms with Gasteiger partial charge in [-0.3, -0.25) is 9.48 Å². The molecule has 0 amide bonds. The van der Waals surface area contributed by atoms with Crippen LogP contribution in [0.2, 0.25) is 0 Å². The summed E-state index contributed by atoms with van der Waals surface area (Å²) >= 11 is 3.11. The molecule has 3 aromatic carbocycles. The number of thiazole rings is 1. The molecule has 6 nitrogen and oxygen atoms in total. The third kappa shape index (κ3) is 4.87. The number of benzene rings is 3. The topological polar surface area (TPSA) is 56.6 Å². The van der Waals surface area contributed by atoms with Crippen LogP contribution in [0.5, 0.6) is 0 Å². The molecule has 0 saturated carbocycles. The monoisotopic (exact) mass is 547 g/mol. The van der Waals surface area contributed by atoms with Crippen LogP contribution in [-0.2, 0) is 7.05 Å². The summed E-state index contributed by atoms with van der Waals surface area (Å²) in [6.45, 7) is 1.91. The van der Waals surface area contributed by atoms with Gasteiger partial charge in [0.05, 0.1) is 28.2 Å². The van der Waals surface area contributed by atoms with Gasteiger partial charge in [-0.25, -0.2) is 14.4 Å². The first-order valence-electron chi connectivity index (χ1n) is 12.4. The SMILES string of the molecule is Cc1c(N=c2scc(-c3cccs3)n2N=Cc2ccc(-c3ccccc3)cc2)c(=O)n(-c2ccccc2)n1C. The molecule has 39 heavy (non-hydrogen) atoms. The summed E-state index contributed by atoms with van der Waals surface area (Å²) in [5, 5.41) is 8.91. The summed E-state index contributed by atoms with van der Waals surface area (Å²) in [6, 6.07) is 32.3. The number of thiophene rings is 1. The molecular weight excluding hydrogens is 523 g/mol. The molecular formula is C31H25N5OS2. The van der Waals surface area contributed by atoms with Gasteiger partial charge in [0.15, 0.2) is 5.69 Å². The third-order valence-electron chi connectivity index (χ3n) is 6.53. The number of para-hydroxylation sites is 1. The van der Waals surface area contributed by atoms with Crippen molar-refractivity contribution in [1.29, 1.82) is 0 Å². The highest BCUT2D eigenvalue weighted by Gasteiger charge is 2.17. The molecule has 0 spiro atoms. The van der Waals surface area contributed by atoms with Gasteiger partial charge in [-0.2, -0.15) is 5.10 Å². The molecule has 3 aromatic heterocycles.